The summed E-state index contributed by atoms with van der Waals surface area (Å²) in [7, 11) is 0. The van der Waals surface area contributed by atoms with Crippen molar-refractivity contribution in [1.82, 2.24) is 5.32 Å². The van der Waals surface area contributed by atoms with Gasteiger partial charge in [0.15, 0.2) is 0 Å². The molecule has 0 aromatic rings. The van der Waals surface area contributed by atoms with Gasteiger partial charge >= 0.3 is 0 Å². The fraction of sp³-hybridized carbons (Fsp3) is 0.909. The van der Waals surface area contributed by atoms with Crippen LogP contribution in [0.3, 0.4) is 0 Å². The van der Waals surface area contributed by atoms with Crippen molar-refractivity contribution < 1.29 is 4.79 Å². The van der Waals surface area contributed by atoms with Gasteiger partial charge in [0.2, 0.25) is 5.91 Å². The minimum Gasteiger partial charge on any atom is -0.352 e. The summed E-state index contributed by atoms with van der Waals surface area (Å²) in [5.41, 5.74) is 0. The number of hydrogen-bond donors (Lipinski definition) is 1. The average Bonchev–Trinajstić information content (AvgIpc) is 2.31. The molecule has 0 bridgehead atoms. The molecule has 1 saturated carbocycles. The lowest BCUT2D eigenvalue weighted by molar-refractivity contribution is -0.123. The predicted octanol–water partition coefficient (Wildman–Crippen LogP) is 3.04. The quantitative estimate of drug-likeness (QED) is 0.474. The van der Waals surface area contributed by atoms with Crippen LogP contribution >= 0.6 is 22.6 Å². The highest BCUT2D eigenvalue weighted by Gasteiger charge is 2.25. The number of halogens is 1. The lowest BCUT2D eigenvalue weighted by Gasteiger charge is -2.22. The van der Waals surface area contributed by atoms with E-state index < -0.39 is 0 Å². The van der Waals surface area contributed by atoms with Crippen molar-refractivity contribution in [2.24, 2.45) is 0 Å². The second kappa shape index (κ2) is 5.33. The first-order chi connectivity index (χ1) is 6.50. The maximum Gasteiger partial charge on any atom is 0.235 e. The van der Waals surface area contributed by atoms with Crippen molar-refractivity contribution in [1.29, 1.82) is 0 Å². The van der Waals surface area contributed by atoms with E-state index >= 15 is 0 Å². The Hall–Kier alpha value is 0.200. The summed E-state index contributed by atoms with van der Waals surface area (Å²) in [4.78, 5) is 11.7. The Bertz CT molecular complexity index is 190. The molecule has 0 aromatic carbocycles. The van der Waals surface area contributed by atoms with Crippen LogP contribution in [-0.2, 0) is 4.79 Å². The highest BCUT2D eigenvalue weighted by molar-refractivity contribution is 14.1. The molecule has 0 saturated heterocycles. The van der Waals surface area contributed by atoms with Gasteiger partial charge < -0.3 is 5.32 Å². The molecule has 0 unspecified atom stereocenters. The Morgan fingerprint density at radius 3 is 2.14 bits per heavy atom. The van der Waals surface area contributed by atoms with E-state index in [1.54, 1.807) is 0 Å². The van der Waals surface area contributed by atoms with E-state index in [2.05, 4.69) is 27.9 Å². The maximum absolute atomic E-state index is 11.7. The second-order valence-electron chi connectivity index (χ2n) is 4.63. The van der Waals surface area contributed by atoms with Crippen molar-refractivity contribution >= 4 is 28.5 Å². The zero-order valence-corrected chi connectivity index (χ0v) is 11.3. The smallest absolute Gasteiger partial charge is 0.235 e. The van der Waals surface area contributed by atoms with Crippen LogP contribution in [0.2, 0.25) is 0 Å². The lowest BCUT2D eigenvalue weighted by atomic mass is 10.1. The number of hydrogen-bond acceptors (Lipinski definition) is 1. The molecule has 1 N–H and O–H groups in total. The molecule has 0 aliphatic heterocycles. The number of rotatable bonds is 2. The van der Waals surface area contributed by atoms with Gasteiger partial charge in [-0.3, -0.25) is 4.79 Å². The maximum atomic E-state index is 11.7. The fourth-order valence-corrected chi connectivity index (χ4v) is 1.94. The third-order valence-corrected chi connectivity index (χ3v) is 3.22. The van der Waals surface area contributed by atoms with Crippen molar-refractivity contribution in [3.05, 3.63) is 0 Å². The SMILES string of the molecule is CC(C)(I)C(=O)NC1CCCCCC1. The standard InChI is InChI=1S/C11H20INO/c1-11(2,12)10(14)13-9-7-5-3-4-6-8-9/h9H,3-8H2,1-2H3,(H,13,14). The van der Waals surface area contributed by atoms with E-state index in [0.717, 1.165) is 0 Å². The van der Waals surface area contributed by atoms with Crippen molar-refractivity contribution in [2.45, 2.75) is 61.8 Å². The molecule has 1 rings (SSSR count). The normalized spacial score (nSPS) is 20.2. The van der Waals surface area contributed by atoms with Gasteiger partial charge in [-0.25, -0.2) is 0 Å². The predicted molar refractivity (Wildman–Crippen MR) is 67.7 cm³/mol. The van der Waals surface area contributed by atoms with Crippen LogP contribution in [0.5, 0.6) is 0 Å². The van der Waals surface area contributed by atoms with Gasteiger partial charge in [-0.05, 0) is 26.7 Å². The van der Waals surface area contributed by atoms with Crippen LogP contribution in [0.1, 0.15) is 52.4 Å². The molecule has 14 heavy (non-hydrogen) atoms. The summed E-state index contributed by atoms with van der Waals surface area (Å²) in [5, 5.41) is 3.15. The Morgan fingerprint density at radius 1 is 1.21 bits per heavy atom. The van der Waals surface area contributed by atoms with Gasteiger partial charge in [-0.15, -0.1) is 0 Å². The van der Waals surface area contributed by atoms with E-state index in [0.29, 0.717) is 6.04 Å². The van der Waals surface area contributed by atoms with Crippen molar-refractivity contribution in [2.75, 3.05) is 0 Å². The molecule has 3 heteroatoms. The third kappa shape index (κ3) is 4.15. The number of carbonyl (C=O) groups excluding carboxylic acids is 1. The van der Waals surface area contributed by atoms with Crippen LogP contribution in [-0.4, -0.2) is 15.4 Å². The Labute approximate surface area is 100 Å². The topological polar surface area (TPSA) is 29.1 Å². The highest BCUT2D eigenvalue weighted by Crippen LogP contribution is 2.20. The van der Waals surface area contributed by atoms with Crippen LogP contribution in [0.4, 0.5) is 0 Å². The first-order valence-electron chi connectivity index (χ1n) is 5.50. The summed E-state index contributed by atoms with van der Waals surface area (Å²) < 4.78 is -0.274. The highest BCUT2D eigenvalue weighted by atomic mass is 127. The minimum absolute atomic E-state index is 0.185. The molecule has 0 atom stereocenters. The first kappa shape index (κ1) is 12.3. The number of carbonyl (C=O) groups is 1. The van der Waals surface area contributed by atoms with Crippen LogP contribution in [0, 0.1) is 0 Å². The Balaban J connectivity index is 2.38. The van der Waals surface area contributed by atoms with Gasteiger partial charge in [0.25, 0.3) is 0 Å². The lowest BCUT2D eigenvalue weighted by Crippen LogP contribution is -2.43. The average molecular weight is 309 g/mol. The number of alkyl halides is 1. The van der Waals surface area contributed by atoms with E-state index in [9.17, 15) is 4.79 Å². The largest absolute Gasteiger partial charge is 0.352 e. The Kier molecular flexibility index (Phi) is 4.67. The molecule has 0 aromatic heterocycles. The van der Waals surface area contributed by atoms with Gasteiger partial charge in [-0.2, -0.15) is 0 Å². The Morgan fingerprint density at radius 2 is 1.71 bits per heavy atom. The van der Waals surface area contributed by atoms with E-state index in [-0.39, 0.29) is 9.33 Å². The van der Waals surface area contributed by atoms with E-state index in [1.165, 1.54) is 38.5 Å². The summed E-state index contributed by atoms with van der Waals surface area (Å²) in [5.74, 6) is 0.185. The summed E-state index contributed by atoms with van der Waals surface area (Å²) in [6.07, 6.45) is 7.54. The molecule has 1 amide bonds. The molecule has 0 radical (unpaired) electrons. The second-order valence-corrected chi connectivity index (χ2v) is 7.33. The van der Waals surface area contributed by atoms with Crippen molar-refractivity contribution in [3.63, 3.8) is 0 Å². The van der Waals surface area contributed by atoms with Crippen LogP contribution in [0.15, 0.2) is 0 Å². The zero-order valence-electron chi connectivity index (χ0n) is 9.11. The van der Waals surface area contributed by atoms with E-state index in [1.807, 2.05) is 13.8 Å². The van der Waals surface area contributed by atoms with Crippen LogP contribution < -0.4 is 5.32 Å². The molecule has 1 aliphatic rings. The van der Waals surface area contributed by atoms with E-state index in [4.69, 9.17) is 0 Å². The van der Waals surface area contributed by atoms with Crippen molar-refractivity contribution in [3.8, 4) is 0 Å². The van der Waals surface area contributed by atoms with Gasteiger partial charge in [0.1, 0.15) is 0 Å². The van der Waals surface area contributed by atoms with Crippen LogP contribution in [0.25, 0.3) is 0 Å². The summed E-state index contributed by atoms with van der Waals surface area (Å²) >= 11 is 2.20. The number of amides is 1. The molecular formula is C11H20INO. The zero-order chi connectivity index (χ0) is 10.6. The fourth-order valence-electron chi connectivity index (χ4n) is 1.78. The third-order valence-electron chi connectivity index (χ3n) is 2.73. The van der Waals surface area contributed by atoms with Gasteiger partial charge in [0, 0.05) is 6.04 Å². The van der Waals surface area contributed by atoms with Gasteiger partial charge in [0.05, 0.1) is 3.42 Å². The molecule has 0 spiro atoms. The first-order valence-corrected chi connectivity index (χ1v) is 6.58. The van der Waals surface area contributed by atoms with Gasteiger partial charge in [-0.1, -0.05) is 48.3 Å². The summed E-state index contributed by atoms with van der Waals surface area (Å²) in [6.45, 7) is 3.92. The summed E-state index contributed by atoms with van der Waals surface area (Å²) in [6, 6.07) is 0.430. The number of nitrogens with one attached hydrogen (secondary N) is 1. The molecule has 2 nitrogen and oxygen atoms in total. The molecule has 0 heterocycles. The monoisotopic (exact) mass is 309 g/mol. The molecule has 1 fully saturated rings. The minimum atomic E-state index is -0.274. The molecule has 1 aliphatic carbocycles. The molecule has 82 valence electrons. The molecular weight excluding hydrogens is 289 g/mol.